The van der Waals surface area contributed by atoms with Crippen LogP contribution in [-0.4, -0.2) is 0 Å². The van der Waals surface area contributed by atoms with E-state index >= 15 is 0 Å². The Balaban J connectivity index is 2.26. The predicted octanol–water partition coefficient (Wildman–Crippen LogP) is 4.10. The Morgan fingerprint density at radius 2 is 2.12 bits per heavy atom. The van der Waals surface area contributed by atoms with Crippen molar-refractivity contribution >= 4 is 0 Å². The molecular weight excluding hydrogens is 192 g/mol. The molecule has 1 aliphatic carbocycles. The quantitative estimate of drug-likeness (QED) is 0.659. The van der Waals surface area contributed by atoms with Gasteiger partial charge < -0.3 is 0 Å². The summed E-state index contributed by atoms with van der Waals surface area (Å²) < 4.78 is 0. The van der Waals surface area contributed by atoms with Gasteiger partial charge in [0.05, 0.1) is 0 Å². The molecular formula is C16H20. The minimum Gasteiger partial charge on any atom is -0.103 e. The molecule has 0 spiro atoms. The monoisotopic (exact) mass is 212 g/mol. The molecule has 0 aromatic heterocycles. The molecule has 0 nitrogen and oxygen atoms in total. The van der Waals surface area contributed by atoms with Gasteiger partial charge in [0.25, 0.3) is 0 Å². The molecule has 0 bridgehead atoms. The van der Waals surface area contributed by atoms with E-state index in [0.717, 1.165) is 18.8 Å². The summed E-state index contributed by atoms with van der Waals surface area (Å²) in [5.41, 5.74) is 4.61. The van der Waals surface area contributed by atoms with Crippen molar-refractivity contribution in [1.82, 2.24) is 0 Å². The molecule has 0 heterocycles. The van der Waals surface area contributed by atoms with Crippen LogP contribution in [-0.2, 0) is 19.3 Å². The van der Waals surface area contributed by atoms with Crippen LogP contribution in [0.25, 0.3) is 0 Å². The fraction of sp³-hybridized carbons (Fsp3) is 0.375. The number of rotatable bonds is 4. The van der Waals surface area contributed by atoms with E-state index < -0.39 is 0 Å². The molecule has 1 aromatic carbocycles. The first-order valence-corrected chi connectivity index (χ1v) is 6.16. The molecule has 0 aliphatic heterocycles. The first-order valence-electron chi connectivity index (χ1n) is 6.16. The Labute approximate surface area is 98.7 Å². The van der Waals surface area contributed by atoms with Gasteiger partial charge in [-0.3, -0.25) is 0 Å². The number of hydrogen-bond donors (Lipinski definition) is 0. The van der Waals surface area contributed by atoms with Crippen LogP contribution in [0.15, 0.2) is 43.5 Å². The van der Waals surface area contributed by atoms with Gasteiger partial charge in [-0.1, -0.05) is 30.4 Å². The van der Waals surface area contributed by atoms with Crippen LogP contribution in [0.2, 0.25) is 0 Å². The fourth-order valence-electron chi connectivity index (χ4n) is 2.72. The number of hydrogen-bond acceptors (Lipinski definition) is 0. The highest BCUT2D eigenvalue weighted by molar-refractivity contribution is 5.38. The standard InChI is InChI=1S/C16H20/c1-3-6-13-10-11-15-9-5-8-14(7-4-2)16(15)12-13/h3-5,8-9,13H,1-2,6-7,10-12H2. The molecule has 84 valence electrons. The highest BCUT2D eigenvalue weighted by atomic mass is 14.2. The average molecular weight is 212 g/mol. The molecule has 0 heteroatoms. The van der Waals surface area contributed by atoms with Crippen molar-refractivity contribution in [1.29, 1.82) is 0 Å². The van der Waals surface area contributed by atoms with E-state index in [0.29, 0.717) is 0 Å². The first-order chi connectivity index (χ1) is 7.85. The summed E-state index contributed by atoms with van der Waals surface area (Å²) >= 11 is 0. The molecule has 0 radical (unpaired) electrons. The molecule has 0 saturated carbocycles. The second kappa shape index (κ2) is 5.16. The van der Waals surface area contributed by atoms with Crippen LogP contribution in [0, 0.1) is 5.92 Å². The van der Waals surface area contributed by atoms with Crippen molar-refractivity contribution in [3.05, 3.63) is 60.2 Å². The van der Waals surface area contributed by atoms with Gasteiger partial charge in [-0.05, 0) is 54.7 Å². The molecule has 1 aromatic rings. The second-order valence-electron chi connectivity index (χ2n) is 4.68. The summed E-state index contributed by atoms with van der Waals surface area (Å²) in [6.07, 6.45) is 10.0. The van der Waals surface area contributed by atoms with E-state index in [1.807, 2.05) is 6.08 Å². The van der Waals surface area contributed by atoms with Gasteiger partial charge in [0, 0.05) is 0 Å². The lowest BCUT2D eigenvalue weighted by Crippen LogP contribution is -2.15. The maximum atomic E-state index is 3.85. The third kappa shape index (κ3) is 2.27. The van der Waals surface area contributed by atoms with Gasteiger partial charge >= 0.3 is 0 Å². The van der Waals surface area contributed by atoms with Crippen LogP contribution in [0.5, 0.6) is 0 Å². The molecule has 2 rings (SSSR count). The van der Waals surface area contributed by atoms with Crippen molar-refractivity contribution in [3.8, 4) is 0 Å². The minimum absolute atomic E-state index is 0.802. The minimum atomic E-state index is 0.802. The summed E-state index contributed by atoms with van der Waals surface area (Å²) in [4.78, 5) is 0. The second-order valence-corrected chi connectivity index (χ2v) is 4.68. The third-order valence-electron chi connectivity index (χ3n) is 3.55. The van der Waals surface area contributed by atoms with Gasteiger partial charge in [0.15, 0.2) is 0 Å². The molecule has 0 saturated heterocycles. The summed E-state index contributed by atoms with van der Waals surface area (Å²) in [7, 11) is 0. The van der Waals surface area contributed by atoms with E-state index in [2.05, 4.69) is 37.4 Å². The summed E-state index contributed by atoms with van der Waals surface area (Å²) in [6.45, 7) is 7.70. The molecule has 1 unspecified atom stereocenters. The Bertz CT molecular complexity index is 387. The molecule has 0 fully saturated rings. The number of allylic oxidation sites excluding steroid dienone is 2. The summed E-state index contributed by atoms with van der Waals surface area (Å²) in [5.74, 6) is 0.802. The fourth-order valence-corrected chi connectivity index (χ4v) is 2.72. The van der Waals surface area contributed by atoms with Crippen molar-refractivity contribution in [3.63, 3.8) is 0 Å². The SMILES string of the molecule is C=CCc1cccc2c1CC(CC=C)CC2. The van der Waals surface area contributed by atoms with Crippen LogP contribution in [0.3, 0.4) is 0 Å². The lowest BCUT2D eigenvalue weighted by atomic mass is 9.80. The lowest BCUT2D eigenvalue weighted by Gasteiger charge is -2.25. The van der Waals surface area contributed by atoms with E-state index in [9.17, 15) is 0 Å². The maximum absolute atomic E-state index is 3.85. The zero-order valence-corrected chi connectivity index (χ0v) is 9.91. The average Bonchev–Trinajstić information content (AvgIpc) is 2.31. The largest absolute Gasteiger partial charge is 0.103 e. The Morgan fingerprint density at radius 3 is 2.88 bits per heavy atom. The number of fused-ring (bicyclic) bond motifs is 1. The maximum Gasteiger partial charge on any atom is -0.00973 e. The van der Waals surface area contributed by atoms with Gasteiger partial charge in [-0.15, -0.1) is 13.2 Å². The van der Waals surface area contributed by atoms with Crippen molar-refractivity contribution in [2.45, 2.75) is 32.1 Å². The smallest absolute Gasteiger partial charge is 0.00973 e. The van der Waals surface area contributed by atoms with E-state index in [1.54, 1.807) is 11.1 Å². The van der Waals surface area contributed by atoms with Crippen molar-refractivity contribution < 1.29 is 0 Å². The number of benzene rings is 1. The van der Waals surface area contributed by atoms with Gasteiger partial charge in [-0.25, -0.2) is 0 Å². The van der Waals surface area contributed by atoms with Crippen LogP contribution in [0.1, 0.15) is 29.5 Å². The molecule has 0 N–H and O–H groups in total. The summed E-state index contributed by atoms with van der Waals surface area (Å²) in [6, 6.07) is 6.72. The highest BCUT2D eigenvalue weighted by Gasteiger charge is 2.19. The Hall–Kier alpha value is -1.30. The molecule has 0 amide bonds. The van der Waals surface area contributed by atoms with Gasteiger partial charge in [0.1, 0.15) is 0 Å². The Kier molecular flexibility index (Phi) is 3.61. The topological polar surface area (TPSA) is 0 Å². The van der Waals surface area contributed by atoms with Gasteiger partial charge in [0.2, 0.25) is 0 Å². The van der Waals surface area contributed by atoms with E-state index in [1.165, 1.54) is 24.8 Å². The van der Waals surface area contributed by atoms with Crippen LogP contribution in [0.4, 0.5) is 0 Å². The molecule has 1 atom stereocenters. The van der Waals surface area contributed by atoms with E-state index in [-0.39, 0.29) is 0 Å². The van der Waals surface area contributed by atoms with Gasteiger partial charge in [-0.2, -0.15) is 0 Å². The zero-order valence-electron chi connectivity index (χ0n) is 9.91. The van der Waals surface area contributed by atoms with Crippen molar-refractivity contribution in [2.75, 3.05) is 0 Å². The normalized spacial score (nSPS) is 18.9. The first kappa shape index (κ1) is 11.2. The van der Waals surface area contributed by atoms with Crippen LogP contribution >= 0.6 is 0 Å². The molecule has 16 heavy (non-hydrogen) atoms. The summed E-state index contributed by atoms with van der Waals surface area (Å²) in [5, 5.41) is 0. The highest BCUT2D eigenvalue weighted by Crippen LogP contribution is 2.30. The predicted molar refractivity (Wildman–Crippen MR) is 70.7 cm³/mol. The van der Waals surface area contributed by atoms with Crippen molar-refractivity contribution in [2.24, 2.45) is 5.92 Å². The third-order valence-corrected chi connectivity index (χ3v) is 3.55. The van der Waals surface area contributed by atoms with Crippen LogP contribution < -0.4 is 0 Å². The zero-order chi connectivity index (χ0) is 11.4. The Morgan fingerprint density at radius 1 is 1.25 bits per heavy atom. The van der Waals surface area contributed by atoms with E-state index in [4.69, 9.17) is 0 Å². The lowest BCUT2D eigenvalue weighted by molar-refractivity contribution is 0.462. The molecule has 1 aliphatic rings. The number of aryl methyl sites for hydroxylation is 1.